The molecule has 0 saturated heterocycles. The number of hydrogen-bond acceptors (Lipinski definition) is 6. The summed E-state index contributed by atoms with van der Waals surface area (Å²) in [5, 5.41) is 10.4. The third-order valence-corrected chi connectivity index (χ3v) is 2.80. The summed E-state index contributed by atoms with van der Waals surface area (Å²) >= 11 is 0.658. The number of alkyl halides is 3. The maximum Gasteiger partial charge on any atom is 0.452 e. The number of aryl methyl sites for hydroxylation is 1. The molecule has 98 valence electrons. The third-order valence-electron chi connectivity index (χ3n) is 2.15. The Bertz CT molecular complexity index is 533. The van der Waals surface area contributed by atoms with E-state index in [2.05, 4.69) is 24.9 Å². The zero-order valence-electron chi connectivity index (χ0n) is 9.43. The van der Waals surface area contributed by atoms with Crippen LogP contribution < -0.4 is 5.32 Å². The van der Waals surface area contributed by atoms with Crippen LogP contribution in [0.2, 0.25) is 0 Å². The Kier molecular flexibility index (Phi) is 3.20. The van der Waals surface area contributed by atoms with Gasteiger partial charge < -0.3 is 9.88 Å². The first-order chi connectivity index (χ1) is 8.38. The van der Waals surface area contributed by atoms with E-state index in [0.717, 1.165) is 0 Å². The molecule has 0 aliphatic heterocycles. The normalized spacial score (nSPS) is 13.6. The minimum Gasteiger partial charge on any atom is -0.351 e. The van der Waals surface area contributed by atoms with Gasteiger partial charge in [-0.3, -0.25) is 0 Å². The molecule has 1 atom stereocenters. The van der Waals surface area contributed by atoms with Gasteiger partial charge >= 0.3 is 6.18 Å². The van der Waals surface area contributed by atoms with Gasteiger partial charge in [-0.05, 0) is 6.92 Å². The Morgan fingerprint density at radius 3 is 2.67 bits per heavy atom. The average Bonchev–Trinajstić information content (AvgIpc) is 2.85. The fourth-order valence-electron chi connectivity index (χ4n) is 1.33. The van der Waals surface area contributed by atoms with E-state index in [4.69, 9.17) is 0 Å². The second kappa shape index (κ2) is 4.52. The lowest BCUT2D eigenvalue weighted by atomic mass is 10.3. The minimum absolute atomic E-state index is 0.0952. The molecule has 2 aromatic rings. The average molecular weight is 278 g/mol. The van der Waals surface area contributed by atoms with E-state index >= 15 is 0 Å². The highest BCUT2D eigenvalue weighted by Gasteiger charge is 2.36. The van der Waals surface area contributed by atoms with E-state index in [0.29, 0.717) is 17.4 Å². The first kappa shape index (κ1) is 12.7. The van der Waals surface area contributed by atoms with Crippen LogP contribution in [0.3, 0.4) is 0 Å². The van der Waals surface area contributed by atoms with Crippen LogP contribution in [0.15, 0.2) is 6.33 Å². The number of anilines is 1. The van der Waals surface area contributed by atoms with Crippen molar-refractivity contribution in [2.45, 2.75) is 19.1 Å². The predicted molar refractivity (Wildman–Crippen MR) is 58.0 cm³/mol. The highest BCUT2D eigenvalue weighted by molar-refractivity contribution is 7.09. The standard InChI is InChI=1S/C8H9F3N6S/c1-4(5-15-12-3-17(5)2)13-7-14-6(16-18-7)8(9,10)11/h3-4H,1-2H3,(H,13,14,16). The molecule has 0 aliphatic carbocycles. The molecule has 2 aromatic heterocycles. The van der Waals surface area contributed by atoms with Crippen molar-refractivity contribution in [1.29, 1.82) is 0 Å². The summed E-state index contributed by atoms with van der Waals surface area (Å²) in [7, 11) is 1.74. The van der Waals surface area contributed by atoms with Crippen LogP contribution in [0, 0.1) is 0 Å². The molecule has 0 aromatic carbocycles. The fraction of sp³-hybridized carbons (Fsp3) is 0.500. The molecule has 0 fully saturated rings. The smallest absolute Gasteiger partial charge is 0.351 e. The summed E-state index contributed by atoms with van der Waals surface area (Å²) in [5.74, 6) is -0.543. The number of nitrogens with one attached hydrogen (secondary N) is 1. The van der Waals surface area contributed by atoms with Crippen molar-refractivity contribution in [1.82, 2.24) is 24.1 Å². The van der Waals surface area contributed by atoms with Crippen molar-refractivity contribution in [3.05, 3.63) is 18.0 Å². The molecule has 0 radical (unpaired) electrons. The first-order valence-electron chi connectivity index (χ1n) is 4.89. The molecular formula is C8H9F3N6S. The lowest BCUT2D eigenvalue weighted by Gasteiger charge is -2.10. The molecular weight excluding hydrogens is 269 g/mol. The Hall–Kier alpha value is -1.71. The largest absolute Gasteiger partial charge is 0.452 e. The first-order valence-corrected chi connectivity index (χ1v) is 5.66. The molecule has 2 rings (SSSR count). The van der Waals surface area contributed by atoms with Crippen molar-refractivity contribution >= 4 is 16.7 Å². The summed E-state index contributed by atoms with van der Waals surface area (Å²) in [6.07, 6.45) is -3.01. The van der Waals surface area contributed by atoms with E-state index in [1.54, 1.807) is 18.5 Å². The highest BCUT2D eigenvalue weighted by atomic mass is 32.1. The van der Waals surface area contributed by atoms with Gasteiger partial charge in [0.15, 0.2) is 5.82 Å². The van der Waals surface area contributed by atoms with Crippen LogP contribution in [0.5, 0.6) is 0 Å². The van der Waals surface area contributed by atoms with Crippen LogP contribution >= 0.6 is 11.5 Å². The summed E-state index contributed by atoms with van der Waals surface area (Å²) in [6, 6.07) is -0.313. The summed E-state index contributed by atoms with van der Waals surface area (Å²) in [4.78, 5) is 3.37. The number of aromatic nitrogens is 5. The Balaban J connectivity index is 2.11. The molecule has 2 heterocycles. The van der Waals surface area contributed by atoms with E-state index in [1.165, 1.54) is 6.33 Å². The number of rotatable bonds is 3. The third kappa shape index (κ3) is 2.58. The van der Waals surface area contributed by atoms with Crippen molar-refractivity contribution in [3.8, 4) is 0 Å². The van der Waals surface area contributed by atoms with Crippen LogP contribution in [-0.4, -0.2) is 24.1 Å². The van der Waals surface area contributed by atoms with Crippen LogP contribution in [-0.2, 0) is 13.2 Å². The van der Waals surface area contributed by atoms with Crippen molar-refractivity contribution in [2.75, 3.05) is 5.32 Å². The topological polar surface area (TPSA) is 68.5 Å². The SMILES string of the molecule is CC(Nc1nc(C(F)(F)F)ns1)c1nncn1C. The van der Waals surface area contributed by atoms with Crippen LogP contribution in [0.4, 0.5) is 18.3 Å². The van der Waals surface area contributed by atoms with Gasteiger partial charge in [0.25, 0.3) is 0 Å². The molecule has 18 heavy (non-hydrogen) atoms. The Morgan fingerprint density at radius 1 is 1.44 bits per heavy atom. The van der Waals surface area contributed by atoms with Gasteiger partial charge in [0, 0.05) is 18.6 Å². The highest BCUT2D eigenvalue weighted by Crippen LogP contribution is 2.29. The molecule has 0 saturated carbocycles. The number of halogens is 3. The Labute approximate surface area is 104 Å². The summed E-state index contributed by atoms with van der Waals surface area (Å²) in [6.45, 7) is 1.75. The lowest BCUT2D eigenvalue weighted by molar-refractivity contribution is -0.144. The number of nitrogens with zero attached hydrogens (tertiary/aromatic N) is 5. The molecule has 0 spiro atoms. The van der Waals surface area contributed by atoms with Crippen molar-refractivity contribution in [2.24, 2.45) is 7.05 Å². The van der Waals surface area contributed by atoms with E-state index in [1.807, 2.05) is 0 Å². The lowest BCUT2D eigenvalue weighted by Crippen LogP contribution is -2.12. The quantitative estimate of drug-likeness (QED) is 0.928. The Morgan fingerprint density at radius 2 is 2.17 bits per heavy atom. The van der Waals surface area contributed by atoms with E-state index in [-0.39, 0.29) is 11.2 Å². The van der Waals surface area contributed by atoms with E-state index < -0.39 is 12.0 Å². The van der Waals surface area contributed by atoms with Crippen LogP contribution in [0.25, 0.3) is 0 Å². The predicted octanol–water partition coefficient (Wildman–Crippen LogP) is 1.86. The fourth-order valence-corrected chi connectivity index (χ4v) is 2.01. The minimum atomic E-state index is -4.52. The zero-order valence-corrected chi connectivity index (χ0v) is 10.2. The van der Waals surface area contributed by atoms with Gasteiger partial charge in [-0.1, -0.05) is 0 Å². The molecule has 0 bridgehead atoms. The summed E-state index contributed by atoms with van der Waals surface area (Å²) < 4.78 is 41.8. The maximum absolute atomic E-state index is 12.3. The van der Waals surface area contributed by atoms with Gasteiger partial charge in [0.1, 0.15) is 6.33 Å². The second-order valence-electron chi connectivity index (χ2n) is 3.59. The van der Waals surface area contributed by atoms with Crippen molar-refractivity contribution < 1.29 is 13.2 Å². The molecule has 1 unspecified atom stereocenters. The molecule has 10 heteroatoms. The molecule has 6 nitrogen and oxygen atoms in total. The van der Waals surface area contributed by atoms with Gasteiger partial charge in [-0.25, -0.2) is 0 Å². The van der Waals surface area contributed by atoms with Crippen molar-refractivity contribution in [3.63, 3.8) is 0 Å². The zero-order chi connectivity index (χ0) is 13.3. The number of hydrogen-bond donors (Lipinski definition) is 1. The van der Waals surface area contributed by atoms with Gasteiger partial charge in [0.05, 0.1) is 6.04 Å². The molecule has 0 aliphatic rings. The maximum atomic E-state index is 12.3. The molecule has 1 N–H and O–H groups in total. The molecule has 0 amide bonds. The van der Waals surface area contributed by atoms with Gasteiger partial charge in [0.2, 0.25) is 11.0 Å². The van der Waals surface area contributed by atoms with Gasteiger partial charge in [-0.2, -0.15) is 22.5 Å². The summed E-state index contributed by atoms with van der Waals surface area (Å²) in [5.41, 5.74) is 0. The van der Waals surface area contributed by atoms with Gasteiger partial charge in [-0.15, -0.1) is 10.2 Å². The van der Waals surface area contributed by atoms with Crippen LogP contribution in [0.1, 0.15) is 24.6 Å². The monoisotopic (exact) mass is 278 g/mol. The second-order valence-corrected chi connectivity index (χ2v) is 4.34. The van der Waals surface area contributed by atoms with E-state index in [9.17, 15) is 13.2 Å².